The van der Waals surface area contributed by atoms with Crippen LogP contribution in [0.25, 0.3) is 0 Å². The molecule has 0 bridgehead atoms. The summed E-state index contributed by atoms with van der Waals surface area (Å²) in [7, 11) is 0. The van der Waals surface area contributed by atoms with Crippen LogP contribution in [0.3, 0.4) is 0 Å². The van der Waals surface area contributed by atoms with Crippen LogP contribution in [-0.4, -0.2) is 6.04 Å². The van der Waals surface area contributed by atoms with Gasteiger partial charge in [0.2, 0.25) is 0 Å². The predicted molar refractivity (Wildman–Crippen MR) is 35.5 cm³/mol. The molecule has 2 atom stereocenters. The Morgan fingerprint density at radius 1 is 1.88 bits per heavy atom. The van der Waals surface area contributed by atoms with Gasteiger partial charge in [0.25, 0.3) is 0 Å². The molecule has 0 aromatic heterocycles. The maximum Gasteiger partial charge on any atom is 0.0287 e. The SMILES string of the molecule is C=CNC1CC1CC. The molecule has 46 valence electrons. The van der Waals surface area contributed by atoms with Gasteiger partial charge in [-0.25, -0.2) is 0 Å². The summed E-state index contributed by atoms with van der Waals surface area (Å²) in [5, 5.41) is 3.18. The highest BCUT2D eigenvalue weighted by molar-refractivity contribution is 4.94. The standard InChI is InChI=1S/C7H13N/c1-3-6-5-7(6)8-4-2/h4,6-8H,2-3,5H2,1H3. The van der Waals surface area contributed by atoms with E-state index in [4.69, 9.17) is 0 Å². The van der Waals surface area contributed by atoms with E-state index >= 15 is 0 Å². The Balaban J connectivity index is 2.07. The zero-order valence-corrected chi connectivity index (χ0v) is 5.35. The molecule has 1 fully saturated rings. The topological polar surface area (TPSA) is 12.0 Å². The zero-order chi connectivity index (χ0) is 5.98. The third-order valence-corrected chi connectivity index (χ3v) is 1.78. The number of hydrogen-bond donors (Lipinski definition) is 1. The molecule has 0 saturated heterocycles. The van der Waals surface area contributed by atoms with Crippen LogP contribution in [0.15, 0.2) is 12.8 Å². The van der Waals surface area contributed by atoms with E-state index in [1.807, 2.05) is 0 Å². The molecule has 0 radical (unpaired) electrons. The average molecular weight is 111 g/mol. The van der Waals surface area contributed by atoms with Gasteiger partial charge in [-0.15, -0.1) is 0 Å². The lowest BCUT2D eigenvalue weighted by molar-refractivity contribution is 0.709. The van der Waals surface area contributed by atoms with E-state index in [1.54, 1.807) is 6.20 Å². The largest absolute Gasteiger partial charge is 0.388 e. The van der Waals surface area contributed by atoms with Gasteiger partial charge in [-0.3, -0.25) is 0 Å². The lowest BCUT2D eigenvalue weighted by Crippen LogP contribution is -2.08. The first-order valence-electron chi connectivity index (χ1n) is 3.25. The monoisotopic (exact) mass is 111 g/mol. The van der Waals surface area contributed by atoms with Gasteiger partial charge in [0, 0.05) is 6.04 Å². The molecule has 0 aliphatic heterocycles. The van der Waals surface area contributed by atoms with Crippen LogP contribution in [0, 0.1) is 5.92 Å². The van der Waals surface area contributed by atoms with Crippen LogP contribution in [0.1, 0.15) is 19.8 Å². The Kier molecular flexibility index (Phi) is 1.56. The van der Waals surface area contributed by atoms with Crippen molar-refractivity contribution in [1.29, 1.82) is 0 Å². The molecule has 0 amide bonds. The minimum atomic E-state index is 0.762. The van der Waals surface area contributed by atoms with E-state index in [0.717, 1.165) is 12.0 Å². The van der Waals surface area contributed by atoms with Crippen molar-refractivity contribution < 1.29 is 0 Å². The third kappa shape index (κ3) is 1.03. The van der Waals surface area contributed by atoms with E-state index in [9.17, 15) is 0 Å². The molecule has 0 aromatic carbocycles. The fraction of sp³-hybridized carbons (Fsp3) is 0.714. The van der Waals surface area contributed by atoms with Crippen LogP contribution in [0.4, 0.5) is 0 Å². The molecule has 1 aliphatic rings. The second-order valence-electron chi connectivity index (χ2n) is 2.38. The van der Waals surface area contributed by atoms with Gasteiger partial charge in [0.1, 0.15) is 0 Å². The summed E-state index contributed by atoms with van der Waals surface area (Å²) in [6, 6.07) is 0.762. The summed E-state index contributed by atoms with van der Waals surface area (Å²) in [4.78, 5) is 0. The van der Waals surface area contributed by atoms with Crippen molar-refractivity contribution in [2.75, 3.05) is 0 Å². The molecule has 1 heteroatoms. The van der Waals surface area contributed by atoms with Gasteiger partial charge in [0.05, 0.1) is 0 Å². The van der Waals surface area contributed by atoms with Crippen LogP contribution < -0.4 is 5.32 Å². The summed E-state index contributed by atoms with van der Waals surface area (Å²) in [6.45, 7) is 5.83. The molecule has 1 rings (SSSR count). The molecule has 0 spiro atoms. The fourth-order valence-electron chi connectivity index (χ4n) is 1.05. The zero-order valence-electron chi connectivity index (χ0n) is 5.35. The number of hydrogen-bond acceptors (Lipinski definition) is 1. The van der Waals surface area contributed by atoms with Gasteiger partial charge in [-0.2, -0.15) is 0 Å². The summed E-state index contributed by atoms with van der Waals surface area (Å²) in [6.07, 6.45) is 4.45. The Bertz CT molecular complexity index is 88.4. The molecule has 1 nitrogen and oxygen atoms in total. The minimum Gasteiger partial charge on any atom is -0.388 e. The maximum absolute atomic E-state index is 3.60. The number of nitrogens with one attached hydrogen (secondary N) is 1. The lowest BCUT2D eigenvalue weighted by atomic mass is 10.3. The van der Waals surface area contributed by atoms with Crippen molar-refractivity contribution >= 4 is 0 Å². The molecular formula is C7H13N. The molecule has 1 saturated carbocycles. The van der Waals surface area contributed by atoms with E-state index in [0.29, 0.717) is 0 Å². The van der Waals surface area contributed by atoms with Crippen LogP contribution >= 0.6 is 0 Å². The normalized spacial score (nSPS) is 34.1. The van der Waals surface area contributed by atoms with Crippen molar-refractivity contribution in [3.8, 4) is 0 Å². The third-order valence-electron chi connectivity index (χ3n) is 1.78. The molecule has 8 heavy (non-hydrogen) atoms. The predicted octanol–water partition coefficient (Wildman–Crippen LogP) is 1.52. The second-order valence-corrected chi connectivity index (χ2v) is 2.38. The van der Waals surface area contributed by atoms with Gasteiger partial charge < -0.3 is 5.32 Å². The lowest BCUT2D eigenvalue weighted by Gasteiger charge is -1.93. The smallest absolute Gasteiger partial charge is 0.0287 e. The summed E-state index contributed by atoms with van der Waals surface area (Å²) >= 11 is 0. The highest BCUT2D eigenvalue weighted by Crippen LogP contribution is 2.32. The van der Waals surface area contributed by atoms with Crippen molar-refractivity contribution in [2.45, 2.75) is 25.8 Å². The first-order valence-corrected chi connectivity index (χ1v) is 3.25. The van der Waals surface area contributed by atoms with Crippen molar-refractivity contribution in [3.05, 3.63) is 12.8 Å². The Labute approximate surface area is 50.8 Å². The molecule has 2 unspecified atom stereocenters. The van der Waals surface area contributed by atoms with Gasteiger partial charge >= 0.3 is 0 Å². The Morgan fingerprint density at radius 3 is 3.00 bits per heavy atom. The molecule has 1 aliphatic carbocycles. The number of rotatable bonds is 3. The van der Waals surface area contributed by atoms with Gasteiger partial charge in [-0.1, -0.05) is 19.9 Å². The summed E-state index contributed by atoms with van der Waals surface area (Å²) in [5.41, 5.74) is 0. The Morgan fingerprint density at radius 2 is 2.62 bits per heavy atom. The maximum atomic E-state index is 3.60. The highest BCUT2D eigenvalue weighted by Gasteiger charge is 2.33. The summed E-state index contributed by atoms with van der Waals surface area (Å²) in [5.74, 6) is 0.938. The first-order chi connectivity index (χ1) is 3.88. The molecule has 1 N–H and O–H groups in total. The molecule has 0 heterocycles. The second kappa shape index (κ2) is 2.21. The Hall–Kier alpha value is -0.460. The van der Waals surface area contributed by atoms with E-state index in [-0.39, 0.29) is 0 Å². The summed E-state index contributed by atoms with van der Waals surface area (Å²) < 4.78 is 0. The highest BCUT2D eigenvalue weighted by atomic mass is 14.9. The van der Waals surface area contributed by atoms with Gasteiger partial charge in [0.15, 0.2) is 0 Å². The van der Waals surface area contributed by atoms with Crippen LogP contribution in [0.5, 0.6) is 0 Å². The minimum absolute atomic E-state index is 0.762. The first kappa shape index (κ1) is 5.67. The fourth-order valence-corrected chi connectivity index (χ4v) is 1.05. The van der Waals surface area contributed by atoms with Crippen molar-refractivity contribution in [2.24, 2.45) is 5.92 Å². The average Bonchev–Trinajstić information content (AvgIpc) is 2.48. The van der Waals surface area contributed by atoms with E-state index in [1.165, 1.54) is 12.8 Å². The van der Waals surface area contributed by atoms with Crippen LogP contribution in [-0.2, 0) is 0 Å². The van der Waals surface area contributed by atoms with Crippen LogP contribution in [0.2, 0.25) is 0 Å². The quantitative estimate of drug-likeness (QED) is 0.582. The van der Waals surface area contributed by atoms with E-state index in [2.05, 4.69) is 18.8 Å². The van der Waals surface area contributed by atoms with Crippen molar-refractivity contribution in [1.82, 2.24) is 5.32 Å². The van der Waals surface area contributed by atoms with Gasteiger partial charge in [-0.05, 0) is 18.5 Å². The van der Waals surface area contributed by atoms with E-state index < -0.39 is 0 Å². The molecule has 0 aromatic rings. The van der Waals surface area contributed by atoms with Crippen molar-refractivity contribution in [3.63, 3.8) is 0 Å². The molecular weight excluding hydrogens is 98.1 g/mol.